The molecule has 0 bridgehead atoms. The lowest BCUT2D eigenvalue weighted by Crippen LogP contribution is -2.30. The first-order valence-corrected chi connectivity index (χ1v) is 10.7. The van der Waals surface area contributed by atoms with E-state index in [1.807, 2.05) is 0 Å². The summed E-state index contributed by atoms with van der Waals surface area (Å²) in [6, 6.07) is 12.4. The fourth-order valence-corrected chi connectivity index (χ4v) is 4.24. The molecule has 0 radical (unpaired) electrons. The Morgan fingerprint density at radius 3 is 2.31 bits per heavy atom. The Balaban J connectivity index is 1.89. The van der Waals surface area contributed by atoms with Gasteiger partial charge in [0.15, 0.2) is 0 Å². The third-order valence-corrected chi connectivity index (χ3v) is 6.47. The van der Waals surface area contributed by atoms with Crippen LogP contribution in [0.4, 0.5) is 5.69 Å². The normalized spacial score (nSPS) is 11.4. The topological polar surface area (TPSA) is 107 Å². The van der Waals surface area contributed by atoms with Crippen LogP contribution in [0, 0.1) is 10.1 Å². The largest absolute Gasteiger partial charge is 0.461 e. The molecular formula is C20H24N2O6S. The monoisotopic (exact) mass is 420 g/mol. The molecule has 0 aromatic heterocycles. The third kappa shape index (κ3) is 6.10. The van der Waals surface area contributed by atoms with Gasteiger partial charge in [0.05, 0.1) is 9.82 Å². The number of ether oxygens (including phenoxy) is 1. The van der Waals surface area contributed by atoms with Crippen molar-refractivity contribution in [2.45, 2.75) is 38.2 Å². The highest BCUT2D eigenvalue weighted by Gasteiger charge is 2.21. The number of nitrogens with zero attached hydrogens (tertiary/aromatic N) is 2. The average molecular weight is 420 g/mol. The number of nitro benzene ring substituents is 1. The summed E-state index contributed by atoms with van der Waals surface area (Å²) in [4.78, 5) is 22.4. The molecule has 2 rings (SSSR count). The van der Waals surface area contributed by atoms with E-state index in [1.165, 1.54) is 34.6 Å². The van der Waals surface area contributed by atoms with Crippen molar-refractivity contribution in [2.24, 2.45) is 0 Å². The first kappa shape index (κ1) is 22.5. The second-order valence-corrected chi connectivity index (χ2v) is 8.26. The van der Waals surface area contributed by atoms with Crippen LogP contribution in [0.1, 0.15) is 31.4 Å². The van der Waals surface area contributed by atoms with Crippen LogP contribution in [-0.4, -0.2) is 36.7 Å². The van der Waals surface area contributed by atoms with Gasteiger partial charge in [-0.3, -0.25) is 14.9 Å². The highest BCUT2D eigenvalue weighted by Crippen LogP contribution is 2.17. The van der Waals surface area contributed by atoms with E-state index in [2.05, 4.69) is 0 Å². The van der Waals surface area contributed by atoms with Gasteiger partial charge in [0.25, 0.3) is 5.69 Å². The molecule has 0 heterocycles. The Morgan fingerprint density at radius 1 is 1.07 bits per heavy atom. The first-order valence-electron chi connectivity index (χ1n) is 9.26. The maximum atomic E-state index is 12.5. The number of rotatable bonds is 10. The molecule has 0 N–H and O–H groups in total. The zero-order chi connectivity index (χ0) is 21.4. The number of hydrogen-bond donors (Lipinski definition) is 0. The number of carbonyl (C=O) groups is 1. The van der Waals surface area contributed by atoms with Gasteiger partial charge < -0.3 is 4.74 Å². The van der Waals surface area contributed by atoms with E-state index >= 15 is 0 Å². The van der Waals surface area contributed by atoms with Gasteiger partial charge in [0.1, 0.15) is 6.61 Å². The third-order valence-electron chi connectivity index (χ3n) is 4.41. The number of benzene rings is 2. The van der Waals surface area contributed by atoms with E-state index < -0.39 is 20.9 Å². The van der Waals surface area contributed by atoms with Gasteiger partial charge >= 0.3 is 5.97 Å². The smallest absolute Gasteiger partial charge is 0.306 e. The summed E-state index contributed by atoms with van der Waals surface area (Å²) >= 11 is 0. The van der Waals surface area contributed by atoms with Gasteiger partial charge in [-0.05, 0) is 29.7 Å². The number of esters is 1. The molecule has 0 saturated carbocycles. The van der Waals surface area contributed by atoms with E-state index in [1.54, 1.807) is 32.0 Å². The molecule has 9 heteroatoms. The summed E-state index contributed by atoms with van der Waals surface area (Å²) in [7, 11) is -3.50. The van der Waals surface area contributed by atoms with Crippen LogP contribution in [0.3, 0.4) is 0 Å². The lowest BCUT2D eigenvalue weighted by molar-refractivity contribution is -0.384. The van der Waals surface area contributed by atoms with Crippen molar-refractivity contribution in [3.63, 3.8) is 0 Å². The number of nitro groups is 1. The molecule has 8 nitrogen and oxygen atoms in total. The minimum Gasteiger partial charge on any atom is -0.461 e. The van der Waals surface area contributed by atoms with E-state index in [0.29, 0.717) is 25.1 Å². The van der Waals surface area contributed by atoms with Gasteiger partial charge in [-0.15, -0.1) is 0 Å². The molecule has 0 aliphatic carbocycles. The fourth-order valence-electron chi connectivity index (χ4n) is 2.78. The standard InChI is InChI=1S/C20H24N2O6S/c1-3-21(4-2)29(26,27)19-11-8-16(9-12-19)10-13-20(23)28-15-17-6-5-7-18(14-17)22(24)25/h5-9,11-12,14H,3-4,10,13,15H2,1-2H3. The van der Waals surface area contributed by atoms with E-state index in [9.17, 15) is 23.3 Å². The zero-order valence-corrected chi connectivity index (χ0v) is 17.2. The molecule has 29 heavy (non-hydrogen) atoms. The molecule has 156 valence electrons. The molecular weight excluding hydrogens is 396 g/mol. The molecule has 0 fully saturated rings. The Hall–Kier alpha value is -2.78. The lowest BCUT2D eigenvalue weighted by atomic mass is 10.1. The lowest BCUT2D eigenvalue weighted by Gasteiger charge is -2.18. The highest BCUT2D eigenvalue weighted by atomic mass is 32.2. The maximum Gasteiger partial charge on any atom is 0.306 e. The number of sulfonamides is 1. The molecule has 0 spiro atoms. The summed E-state index contributed by atoms with van der Waals surface area (Å²) in [5, 5.41) is 10.8. The molecule has 0 aliphatic heterocycles. The highest BCUT2D eigenvalue weighted by molar-refractivity contribution is 7.89. The van der Waals surface area contributed by atoms with Crippen LogP contribution < -0.4 is 0 Å². The number of carbonyl (C=O) groups excluding carboxylic acids is 1. The molecule has 0 unspecified atom stereocenters. The van der Waals surface area contributed by atoms with Crippen LogP contribution in [0.15, 0.2) is 53.4 Å². The van der Waals surface area contributed by atoms with E-state index in [0.717, 1.165) is 5.56 Å². The second-order valence-electron chi connectivity index (χ2n) is 6.32. The summed E-state index contributed by atoms with van der Waals surface area (Å²) in [5.74, 6) is -0.434. The second kappa shape index (κ2) is 10.1. The van der Waals surface area contributed by atoms with Gasteiger partial charge in [-0.2, -0.15) is 4.31 Å². The summed E-state index contributed by atoms with van der Waals surface area (Å²) in [5.41, 5.74) is 1.30. The Kier molecular flexibility index (Phi) is 7.86. The maximum absolute atomic E-state index is 12.5. The molecule has 0 amide bonds. The quantitative estimate of drug-likeness (QED) is 0.332. The van der Waals surface area contributed by atoms with Crippen LogP contribution >= 0.6 is 0 Å². The average Bonchev–Trinajstić information content (AvgIpc) is 2.72. The number of aryl methyl sites for hydroxylation is 1. The molecule has 0 atom stereocenters. The SMILES string of the molecule is CCN(CC)S(=O)(=O)c1ccc(CCC(=O)OCc2cccc([N+](=O)[O-])c2)cc1. The fraction of sp³-hybridized carbons (Fsp3) is 0.350. The predicted octanol–water partition coefficient (Wildman–Crippen LogP) is 3.30. The van der Waals surface area contributed by atoms with Crippen molar-refractivity contribution in [3.8, 4) is 0 Å². The van der Waals surface area contributed by atoms with Gasteiger partial charge in [-0.1, -0.05) is 38.1 Å². The molecule has 0 aliphatic rings. The minimum atomic E-state index is -3.50. The van der Waals surface area contributed by atoms with Crippen LogP contribution in [0.2, 0.25) is 0 Å². The van der Waals surface area contributed by atoms with Gasteiger partial charge in [0.2, 0.25) is 10.0 Å². The van der Waals surface area contributed by atoms with Crippen LogP contribution in [0.25, 0.3) is 0 Å². The van der Waals surface area contributed by atoms with Crippen LogP contribution in [0.5, 0.6) is 0 Å². The summed E-state index contributed by atoms with van der Waals surface area (Å²) in [6.45, 7) is 4.33. The van der Waals surface area contributed by atoms with Crippen molar-refractivity contribution in [1.29, 1.82) is 0 Å². The summed E-state index contributed by atoms with van der Waals surface area (Å²) in [6.07, 6.45) is 0.524. The first-order chi connectivity index (χ1) is 13.8. The number of hydrogen-bond acceptors (Lipinski definition) is 6. The molecule has 2 aromatic carbocycles. The molecule has 2 aromatic rings. The molecule has 0 saturated heterocycles. The predicted molar refractivity (Wildman–Crippen MR) is 108 cm³/mol. The minimum absolute atomic E-state index is 0.0401. The number of non-ortho nitro benzene ring substituents is 1. The van der Waals surface area contributed by atoms with Crippen molar-refractivity contribution < 1.29 is 22.9 Å². The van der Waals surface area contributed by atoms with Gasteiger partial charge in [-0.25, -0.2) is 8.42 Å². The zero-order valence-electron chi connectivity index (χ0n) is 16.4. The summed E-state index contributed by atoms with van der Waals surface area (Å²) < 4.78 is 31.5. The van der Waals surface area contributed by atoms with Crippen molar-refractivity contribution in [3.05, 3.63) is 69.8 Å². The Labute approximate surface area is 170 Å². The van der Waals surface area contributed by atoms with Crippen LogP contribution in [-0.2, 0) is 32.6 Å². The Bertz CT molecular complexity index is 953. The van der Waals surface area contributed by atoms with Gasteiger partial charge in [0, 0.05) is 31.6 Å². The van der Waals surface area contributed by atoms with Crippen molar-refractivity contribution in [1.82, 2.24) is 4.31 Å². The van der Waals surface area contributed by atoms with E-state index in [-0.39, 0.29) is 23.6 Å². The van der Waals surface area contributed by atoms with E-state index in [4.69, 9.17) is 4.74 Å². The Morgan fingerprint density at radius 2 is 1.72 bits per heavy atom. The van der Waals surface area contributed by atoms with Crippen molar-refractivity contribution >= 4 is 21.7 Å². The van der Waals surface area contributed by atoms with Crippen molar-refractivity contribution in [2.75, 3.05) is 13.1 Å².